The lowest BCUT2D eigenvalue weighted by atomic mass is 10.0. The predicted octanol–water partition coefficient (Wildman–Crippen LogP) is 14.7. The summed E-state index contributed by atoms with van der Waals surface area (Å²) in [6.07, 6.45) is 0. The molecule has 0 saturated heterocycles. The van der Waals surface area contributed by atoms with Crippen molar-refractivity contribution in [2.45, 2.75) is 13.8 Å². The monoisotopic (exact) mass is 696 g/mol. The third-order valence-corrected chi connectivity index (χ3v) is 10.4. The van der Waals surface area contributed by atoms with E-state index in [2.05, 4.69) is 181 Å². The average molecular weight is 697 g/mol. The molecule has 2 heterocycles. The maximum absolute atomic E-state index is 6.51. The number of fused-ring (bicyclic) bond motifs is 6. The minimum atomic E-state index is 0.871. The predicted molar refractivity (Wildman–Crippen MR) is 225 cm³/mol. The van der Waals surface area contributed by atoms with Crippen LogP contribution in [0.3, 0.4) is 0 Å². The summed E-state index contributed by atoms with van der Waals surface area (Å²) in [4.78, 5) is 4.57. The Morgan fingerprint density at radius 1 is 0.315 bits per heavy atom. The molecular formula is C50H36N2O2. The molecule has 0 radical (unpaired) electrons. The van der Waals surface area contributed by atoms with Gasteiger partial charge in [-0.25, -0.2) is 0 Å². The van der Waals surface area contributed by atoms with Crippen LogP contribution in [0, 0.1) is 13.8 Å². The highest BCUT2D eigenvalue weighted by Crippen LogP contribution is 2.44. The first-order valence-corrected chi connectivity index (χ1v) is 18.3. The minimum Gasteiger partial charge on any atom is -0.454 e. The fourth-order valence-corrected chi connectivity index (χ4v) is 7.66. The molecule has 8 aromatic carbocycles. The number of hydrogen-bond acceptors (Lipinski definition) is 4. The van der Waals surface area contributed by atoms with Crippen LogP contribution < -0.4 is 9.80 Å². The van der Waals surface area contributed by atoms with E-state index >= 15 is 0 Å². The lowest BCUT2D eigenvalue weighted by Crippen LogP contribution is -2.10. The molecule has 0 spiro atoms. The zero-order valence-electron chi connectivity index (χ0n) is 30.0. The highest BCUT2D eigenvalue weighted by Gasteiger charge is 2.21. The van der Waals surface area contributed by atoms with Gasteiger partial charge < -0.3 is 18.6 Å². The van der Waals surface area contributed by atoms with E-state index in [4.69, 9.17) is 8.83 Å². The van der Waals surface area contributed by atoms with Gasteiger partial charge in [0.1, 0.15) is 11.2 Å². The molecule has 0 amide bonds. The lowest BCUT2D eigenvalue weighted by Gasteiger charge is -2.26. The summed E-state index contributed by atoms with van der Waals surface area (Å²) in [5, 5.41) is 4.45. The molecule has 2 aromatic heterocycles. The number of hydrogen-bond donors (Lipinski definition) is 0. The van der Waals surface area contributed by atoms with Gasteiger partial charge in [0.25, 0.3) is 0 Å². The van der Waals surface area contributed by atoms with Crippen molar-refractivity contribution < 1.29 is 8.83 Å². The van der Waals surface area contributed by atoms with E-state index in [9.17, 15) is 0 Å². The van der Waals surface area contributed by atoms with Gasteiger partial charge in [-0.3, -0.25) is 0 Å². The largest absolute Gasteiger partial charge is 0.454 e. The zero-order chi connectivity index (χ0) is 36.2. The summed E-state index contributed by atoms with van der Waals surface area (Å²) in [6.45, 7) is 4.24. The SMILES string of the molecule is Cc1ccc(N(c2ccc(-c3ccc(N(c4ccc(C)cc4)c4cccc5c4oc4ccccc45)cc3)cc2)c2cccc3c2oc2ccccc23)cc1. The number of furan rings is 2. The Morgan fingerprint density at radius 2 is 0.648 bits per heavy atom. The van der Waals surface area contributed by atoms with Crippen LogP contribution in [0.2, 0.25) is 0 Å². The van der Waals surface area contributed by atoms with Gasteiger partial charge in [-0.2, -0.15) is 0 Å². The molecule has 4 nitrogen and oxygen atoms in total. The van der Waals surface area contributed by atoms with E-state index in [1.807, 2.05) is 24.3 Å². The van der Waals surface area contributed by atoms with Crippen LogP contribution in [0.1, 0.15) is 11.1 Å². The molecule has 0 aliphatic rings. The molecule has 0 saturated carbocycles. The van der Waals surface area contributed by atoms with Crippen LogP contribution in [0.15, 0.2) is 191 Å². The molecule has 0 fully saturated rings. The normalized spacial score (nSPS) is 11.5. The molecular weight excluding hydrogens is 661 g/mol. The van der Waals surface area contributed by atoms with E-state index in [1.54, 1.807) is 0 Å². The third kappa shape index (κ3) is 5.39. The summed E-state index contributed by atoms with van der Waals surface area (Å²) < 4.78 is 13.0. The fraction of sp³-hybridized carbons (Fsp3) is 0.0400. The van der Waals surface area contributed by atoms with Crippen molar-refractivity contribution in [3.05, 3.63) is 193 Å². The van der Waals surface area contributed by atoms with E-state index in [0.29, 0.717) is 0 Å². The zero-order valence-corrected chi connectivity index (χ0v) is 30.0. The number of benzene rings is 8. The number of aryl methyl sites for hydroxylation is 2. The summed E-state index contributed by atoms with van der Waals surface area (Å²) in [6, 6.07) is 64.3. The molecule has 10 rings (SSSR count). The van der Waals surface area contributed by atoms with E-state index in [-0.39, 0.29) is 0 Å². The molecule has 4 heteroatoms. The van der Waals surface area contributed by atoms with E-state index < -0.39 is 0 Å². The van der Waals surface area contributed by atoms with Gasteiger partial charge in [-0.15, -0.1) is 0 Å². The maximum atomic E-state index is 6.51. The van der Waals surface area contributed by atoms with Gasteiger partial charge in [0.15, 0.2) is 11.2 Å². The molecule has 0 unspecified atom stereocenters. The van der Waals surface area contributed by atoms with Gasteiger partial charge in [0, 0.05) is 44.3 Å². The molecule has 0 bridgehead atoms. The number of rotatable bonds is 7. The number of para-hydroxylation sites is 4. The Labute approximate surface area is 313 Å². The van der Waals surface area contributed by atoms with Gasteiger partial charge in [-0.1, -0.05) is 120 Å². The Bertz CT molecular complexity index is 2730. The topological polar surface area (TPSA) is 32.8 Å². The van der Waals surface area contributed by atoms with Crippen LogP contribution in [0.4, 0.5) is 34.1 Å². The Kier molecular flexibility index (Phi) is 7.55. The van der Waals surface area contributed by atoms with Crippen LogP contribution in [-0.2, 0) is 0 Å². The minimum absolute atomic E-state index is 0.871. The Hall–Kier alpha value is -7.04. The maximum Gasteiger partial charge on any atom is 0.159 e. The standard InChI is InChI=1S/C50H36N2O2/c1-33-17-25-37(26-18-33)51(45-13-7-11-43-41-9-3-5-15-47(41)53-49(43)45)39-29-21-35(22-30-39)36-23-31-40(32-24-36)52(38-27-19-34(2)20-28-38)46-14-8-12-44-42-10-4-6-16-48(42)54-50(44)46/h3-32H,1-2H3. The highest BCUT2D eigenvalue weighted by molar-refractivity contribution is 6.11. The van der Waals surface area contributed by atoms with Crippen LogP contribution in [0.25, 0.3) is 55.0 Å². The summed E-state index contributed by atoms with van der Waals surface area (Å²) in [7, 11) is 0. The van der Waals surface area contributed by atoms with Gasteiger partial charge in [0.2, 0.25) is 0 Å². The third-order valence-electron chi connectivity index (χ3n) is 10.4. The van der Waals surface area contributed by atoms with Gasteiger partial charge in [0.05, 0.1) is 11.4 Å². The first-order valence-electron chi connectivity index (χ1n) is 18.3. The quantitative estimate of drug-likeness (QED) is 0.166. The second kappa shape index (κ2) is 12.9. The van der Waals surface area contributed by atoms with Crippen molar-refractivity contribution in [3.8, 4) is 11.1 Å². The van der Waals surface area contributed by atoms with Crippen molar-refractivity contribution in [3.63, 3.8) is 0 Å². The number of anilines is 6. The molecule has 54 heavy (non-hydrogen) atoms. The first kappa shape index (κ1) is 31.7. The molecule has 0 N–H and O–H groups in total. The van der Waals surface area contributed by atoms with Crippen molar-refractivity contribution in [1.29, 1.82) is 0 Å². The molecule has 0 atom stereocenters. The molecule has 0 aliphatic carbocycles. The van der Waals surface area contributed by atoms with E-state index in [1.165, 1.54) is 11.1 Å². The van der Waals surface area contributed by atoms with Crippen molar-refractivity contribution >= 4 is 78.0 Å². The van der Waals surface area contributed by atoms with Crippen LogP contribution in [-0.4, -0.2) is 0 Å². The average Bonchev–Trinajstić information content (AvgIpc) is 3.80. The Balaban J connectivity index is 1.03. The fourth-order valence-electron chi connectivity index (χ4n) is 7.66. The first-order chi connectivity index (χ1) is 26.6. The van der Waals surface area contributed by atoms with Gasteiger partial charge in [-0.05, 0) is 97.8 Å². The molecule has 258 valence electrons. The van der Waals surface area contributed by atoms with Crippen molar-refractivity contribution in [2.24, 2.45) is 0 Å². The second-order valence-corrected chi connectivity index (χ2v) is 13.9. The molecule has 0 aliphatic heterocycles. The smallest absolute Gasteiger partial charge is 0.159 e. The highest BCUT2D eigenvalue weighted by atomic mass is 16.3. The van der Waals surface area contributed by atoms with Crippen LogP contribution >= 0.6 is 0 Å². The summed E-state index contributed by atoms with van der Waals surface area (Å²) >= 11 is 0. The van der Waals surface area contributed by atoms with Crippen molar-refractivity contribution in [1.82, 2.24) is 0 Å². The molecule has 10 aromatic rings. The summed E-state index contributed by atoms with van der Waals surface area (Å²) in [5.74, 6) is 0. The van der Waals surface area contributed by atoms with E-state index in [0.717, 1.165) is 89.1 Å². The lowest BCUT2D eigenvalue weighted by molar-refractivity contribution is 0.668. The summed E-state index contributed by atoms with van der Waals surface area (Å²) in [5.41, 5.74) is 14.5. The van der Waals surface area contributed by atoms with Crippen LogP contribution in [0.5, 0.6) is 0 Å². The second-order valence-electron chi connectivity index (χ2n) is 13.9. The Morgan fingerprint density at radius 3 is 1.04 bits per heavy atom. The number of nitrogens with zero attached hydrogens (tertiary/aromatic N) is 2. The van der Waals surface area contributed by atoms with Crippen molar-refractivity contribution in [2.75, 3.05) is 9.80 Å². The van der Waals surface area contributed by atoms with Gasteiger partial charge >= 0.3 is 0 Å².